The maximum atomic E-state index is 5.66. The van der Waals surface area contributed by atoms with Crippen molar-refractivity contribution in [2.75, 3.05) is 0 Å². The second kappa shape index (κ2) is 13.2. The van der Waals surface area contributed by atoms with Crippen molar-refractivity contribution in [3.05, 3.63) is 162 Å². The summed E-state index contributed by atoms with van der Waals surface area (Å²) < 4.78 is 2.71. The summed E-state index contributed by atoms with van der Waals surface area (Å²) in [5, 5.41) is 8.62. The Balaban J connectivity index is 1.12. The molecule has 6 aromatic carbocycles. The van der Waals surface area contributed by atoms with Crippen LogP contribution in [0.1, 0.15) is 110 Å². The van der Waals surface area contributed by atoms with Crippen LogP contribution < -0.4 is 0 Å². The molecule has 4 aromatic heterocycles. The smallest absolute Gasteiger partial charge is 0.0728 e. The van der Waals surface area contributed by atoms with Crippen LogP contribution in [-0.4, -0.2) is 14.4 Å². The molecule has 0 spiro atoms. The quantitative estimate of drug-likeness (QED) is 0.177. The first-order valence-corrected chi connectivity index (χ1v) is 25.0. The number of pyridine rings is 2. The molecule has 8 aliphatic carbocycles. The maximum Gasteiger partial charge on any atom is 0.0728 e. The van der Waals surface area contributed by atoms with Gasteiger partial charge in [-0.2, -0.15) is 0 Å². The van der Waals surface area contributed by atoms with E-state index in [2.05, 4.69) is 144 Å². The zero-order valence-electron chi connectivity index (χ0n) is 36.8. The van der Waals surface area contributed by atoms with Crippen molar-refractivity contribution < 1.29 is 0 Å². The van der Waals surface area contributed by atoms with E-state index in [0.29, 0.717) is 23.7 Å². The lowest BCUT2D eigenvalue weighted by Crippen LogP contribution is -2.25. The maximum absolute atomic E-state index is 5.66. The minimum Gasteiger partial charge on any atom is -0.305 e. The molecule has 4 saturated carbocycles. The van der Waals surface area contributed by atoms with Gasteiger partial charge in [-0.1, -0.05) is 121 Å². The highest BCUT2D eigenvalue weighted by molar-refractivity contribution is 6.37. The van der Waals surface area contributed by atoms with Gasteiger partial charge in [0.25, 0.3) is 0 Å². The normalized spacial score (nSPS) is 26.2. The lowest BCUT2D eigenvalue weighted by atomic mass is 9.67. The number of hydrogen-bond donors (Lipinski definition) is 0. The van der Waals surface area contributed by atoms with E-state index in [0.717, 1.165) is 23.7 Å². The Morgan fingerprint density at radius 3 is 1.35 bits per heavy atom. The zero-order chi connectivity index (χ0) is 42.1. The minimum atomic E-state index is 0.555. The molecule has 10 aromatic rings. The Bertz CT molecular complexity index is 3590. The van der Waals surface area contributed by atoms with Crippen LogP contribution in [0, 0.1) is 23.7 Å². The van der Waals surface area contributed by atoms with Crippen LogP contribution in [0.5, 0.6) is 0 Å². The van der Waals surface area contributed by atoms with Gasteiger partial charge in [-0.25, -0.2) is 0 Å². The molecule has 18 rings (SSSR count). The molecule has 3 heteroatoms. The average molecular weight is 838 g/mol. The molecule has 8 aliphatic rings. The first-order valence-electron chi connectivity index (χ1n) is 25.0. The molecule has 4 atom stereocenters. The van der Waals surface area contributed by atoms with Crippen LogP contribution >= 0.6 is 0 Å². The van der Waals surface area contributed by atoms with Crippen molar-refractivity contribution in [2.45, 2.75) is 87.9 Å². The predicted octanol–water partition coefficient (Wildman–Crippen LogP) is 16.2. The van der Waals surface area contributed by atoms with Gasteiger partial charge in [0.15, 0.2) is 0 Å². The Morgan fingerprint density at radius 2 is 0.815 bits per heavy atom. The van der Waals surface area contributed by atoms with Crippen LogP contribution in [0.2, 0.25) is 0 Å². The largest absolute Gasteiger partial charge is 0.305 e. The summed E-state index contributed by atoms with van der Waals surface area (Å²) in [5.41, 5.74) is 20.4. The Kier molecular flexibility index (Phi) is 7.28. The Morgan fingerprint density at radius 1 is 0.369 bits per heavy atom. The third kappa shape index (κ3) is 4.92. The predicted molar refractivity (Wildman–Crippen MR) is 267 cm³/mol. The van der Waals surface area contributed by atoms with Crippen molar-refractivity contribution in [1.82, 2.24) is 14.4 Å². The number of benzene rings is 6. The molecular formula is C62H51N3. The number of aromatic nitrogens is 3. The van der Waals surface area contributed by atoms with Crippen LogP contribution in [0.25, 0.3) is 93.4 Å². The molecule has 3 nitrogen and oxygen atoms in total. The van der Waals surface area contributed by atoms with Gasteiger partial charge in [-0.3, -0.25) is 9.97 Å². The fourth-order valence-electron chi connectivity index (χ4n) is 16.2. The summed E-state index contributed by atoms with van der Waals surface area (Å²) in [7, 11) is 0. The van der Waals surface area contributed by atoms with E-state index >= 15 is 0 Å². The van der Waals surface area contributed by atoms with Gasteiger partial charge >= 0.3 is 0 Å². The fourth-order valence-corrected chi connectivity index (χ4v) is 16.2. The van der Waals surface area contributed by atoms with Gasteiger partial charge in [0.05, 0.1) is 28.9 Å². The first kappa shape index (κ1) is 36.0. The number of nitrogens with zero attached hydrogens (tertiary/aromatic N) is 3. The molecule has 0 saturated heterocycles. The minimum absolute atomic E-state index is 0.555. The average Bonchev–Trinajstić information content (AvgIpc) is 3.74. The second-order valence-electron chi connectivity index (χ2n) is 21.6. The zero-order valence-corrected chi connectivity index (χ0v) is 36.8. The fraction of sp³-hybridized carbons (Fsp3) is 0.290. The van der Waals surface area contributed by atoms with Crippen molar-refractivity contribution in [1.29, 1.82) is 0 Å². The van der Waals surface area contributed by atoms with Crippen molar-refractivity contribution in [3.8, 4) is 44.5 Å². The molecule has 65 heavy (non-hydrogen) atoms. The van der Waals surface area contributed by atoms with Gasteiger partial charge in [-0.05, 0) is 167 Å². The topological polar surface area (TPSA) is 30.2 Å². The van der Waals surface area contributed by atoms with Gasteiger partial charge in [-0.15, -0.1) is 0 Å². The Hall–Kier alpha value is -6.32. The van der Waals surface area contributed by atoms with Crippen molar-refractivity contribution >= 4 is 48.9 Å². The van der Waals surface area contributed by atoms with Gasteiger partial charge < -0.3 is 4.40 Å². The third-order valence-corrected chi connectivity index (χ3v) is 18.2. The molecule has 0 aliphatic heterocycles. The summed E-state index contributed by atoms with van der Waals surface area (Å²) in [6.45, 7) is 0. The van der Waals surface area contributed by atoms with Crippen LogP contribution in [-0.2, 0) is 0 Å². The molecule has 0 amide bonds. The van der Waals surface area contributed by atoms with Gasteiger partial charge in [0, 0.05) is 50.3 Å². The molecule has 4 fully saturated rings. The monoisotopic (exact) mass is 837 g/mol. The van der Waals surface area contributed by atoms with E-state index in [9.17, 15) is 0 Å². The van der Waals surface area contributed by atoms with Gasteiger partial charge in [0.2, 0.25) is 0 Å². The molecule has 314 valence electrons. The summed E-state index contributed by atoms with van der Waals surface area (Å²) in [6, 6.07) is 48.1. The summed E-state index contributed by atoms with van der Waals surface area (Å²) in [5.74, 6) is 5.53. The molecule has 0 radical (unpaired) electrons. The first-order chi connectivity index (χ1) is 32.2. The highest BCUT2D eigenvalue weighted by Gasteiger charge is 2.46. The lowest BCUT2D eigenvalue weighted by Gasteiger charge is -2.38. The van der Waals surface area contributed by atoms with Crippen molar-refractivity contribution in [2.24, 2.45) is 23.7 Å². The second-order valence-corrected chi connectivity index (χ2v) is 21.6. The summed E-state index contributed by atoms with van der Waals surface area (Å²) in [6.07, 6.45) is 18.0. The summed E-state index contributed by atoms with van der Waals surface area (Å²) >= 11 is 0. The molecule has 4 heterocycles. The number of fused-ring (bicyclic) bond motifs is 8. The van der Waals surface area contributed by atoms with Crippen LogP contribution in [0.15, 0.2) is 140 Å². The SMILES string of the molecule is c1ccc(-c2ccccc2-c2ccc3c(-c4ccccc4-c4ccccc4)c4c5c6c(ncc5n5c7cnc8c(c7c(c3c2)c45)C2CC3CC(CC8C3)C2)C2CC3CC(C2)CC6C3)cc1. The molecule has 8 bridgehead atoms. The van der Waals surface area contributed by atoms with E-state index < -0.39 is 0 Å². The van der Waals surface area contributed by atoms with E-state index in [1.54, 1.807) is 11.1 Å². The van der Waals surface area contributed by atoms with E-state index in [1.165, 1.54) is 169 Å². The highest BCUT2D eigenvalue weighted by atomic mass is 15.0. The molecule has 0 N–H and O–H groups in total. The highest BCUT2D eigenvalue weighted by Crippen LogP contribution is 2.62. The molecule has 4 unspecified atom stereocenters. The van der Waals surface area contributed by atoms with Gasteiger partial charge in [0.1, 0.15) is 0 Å². The van der Waals surface area contributed by atoms with E-state index in [-0.39, 0.29) is 0 Å². The van der Waals surface area contributed by atoms with Crippen LogP contribution in [0.3, 0.4) is 0 Å². The number of rotatable bonds is 4. The van der Waals surface area contributed by atoms with E-state index in [1.807, 2.05) is 0 Å². The Labute approximate surface area is 379 Å². The van der Waals surface area contributed by atoms with Crippen LogP contribution in [0.4, 0.5) is 0 Å². The number of hydrogen-bond acceptors (Lipinski definition) is 2. The third-order valence-electron chi connectivity index (χ3n) is 18.2. The van der Waals surface area contributed by atoms with E-state index in [4.69, 9.17) is 9.97 Å². The molecular weight excluding hydrogens is 787 g/mol. The summed E-state index contributed by atoms with van der Waals surface area (Å²) in [4.78, 5) is 11.3. The van der Waals surface area contributed by atoms with Crippen molar-refractivity contribution in [3.63, 3.8) is 0 Å². The lowest BCUT2D eigenvalue weighted by molar-refractivity contribution is 0.165. The standard InChI is InChI=1S/C62H51N3/c1-3-11-38(12-4-1)45-15-7-8-17-47(45)40-19-20-49-50(31-40)56-57-51(32-63-60-43-27-34-21-35(28-43)24-41(23-34)53(57)60)65-52-33-64-61-44-29-36-22-37(30-44)26-42(25-36)54(61)58(52)59(62(56)65)55(49)48-18-10-9-16-46(48)39-13-5-2-6-14-39/h1-20,31-37,41-44H,21-30H2.